The van der Waals surface area contributed by atoms with Crippen LogP contribution in [0.3, 0.4) is 0 Å². The number of thiazole rings is 1. The van der Waals surface area contributed by atoms with Crippen LogP contribution in [-0.4, -0.2) is 24.6 Å². The molecule has 6 nitrogen and oxygen atoms in total. The van der Waals surface area contributed by atoms with Gasteiger partial charge < -0.3 is 5.11 Å². The molecular formula is C10H5F3N2O4S2. The molecule has 0 spiro atoms. The summed E-state index contributed by atoms with van der Waals surface area (Å²) < 4.78 is 63.9. The van der Waals surface area contributed by atoms with Gasteiger partial charge in [-0.1, -0.05) is 0 Å². The highest BCUT2D eigenvalue weighted by Gasteiger charge is 2.37. The lowest BCUT2D eigenvalue weighted by Gasteiger charge is -2.17. The Morgan fingerprint density at radius 2 is 1.81 bits per heavy atom. The first kappa shape index (κ1) is 15.3. The Labute approximate surface area is 120 Å². The maximum atomic E-state index is 13.6. The molecular weight excluding hydrogens is 333 g/mol. The number of rotatable bonds is 3. The van der Waals surface area contributed by atoms with Crippen molar-refractivity contribution in [3.05, 3.63) is 40.5 Å². The van der Waals surface area contributed by atoms with E-state index in [1.54, 1.807) is 0 Å². The van der Waals surface area contributed by atoms with Crippen LogP contribution >= 0.6 is 11.3 Å². The Kier molecular flexibility index (Phi) is 3.87. The maximum absolute atomic E-state index is 13.6. The highest BCUT2D eigenvalue weighted by atomic mass is 32.2. The van der Waals surface area contributed by atoms with E-state index >= 15 is 0 Å². The van der Waals surface area contributed by atoms with E-state index < -0.39 is 44.3 Å². The third-order valence-corrected chi connectivity index (χ3v) is 4.57. The molecule has 0 unspecified atom stereocenters. The van der Waals surface area contributed by atoms with Crippen LogP contribution in [-0.2, 0) is 10.0 Å². The lowest BCUT2D eigenvalue weighted by Crippen LogP contribution is -2.37. The van der Waals surface area contributed by atoms with Crippen molar-refractivity contribution < 1.29 is 31.5 Å². The number of nitrogens with zero attached hydrogens (tertiary/aromatic N) is 2. The lowest BCUT2D eigenvalue weighted by atomic mass is 10.3. The second-order valence-corrected chi connectivity index (χ2v) is 6.04. The van der Waals surface area contributed by atoms with Gasteiger partial charge in [0, 0.05) is 17.5 Å². The first-order chi connectivity index (χ1) is 9.75. The number of halogens is 3. The fourth-order valence-corrected chi connectivity index (χ4v) is 3.43. The van der Waals surface area contributed by atoms with Crippen LogP contribution in [0.4, 0.5) is 23.8 Å². The van der Waals surface area contributed by atoms with Crippen LogP contribution < -0.4 is 4.31 Å². The van der Waals surface area contributed by atoms with E-state index in [0.717, 1.165) is 22.2 Å². The lowest BCUT2D eigenvalue weighted by molar-refractivity contribution is 0.206. The molecule has 1 amide bonds. The molecule has 0 aliphatic carbocycles. The molecule has 2 rings (SSSR count). The summed E-state index contributed by atoms with van der Waals surface area (Å²) in [5, 5.41) is 10.0. The fourth-order valence-electron chi connectivity index (χ4n) is 1.50. The largest absolute Gasteiger partial charge is 0.464 e. The maximum Gasteiger partial charge on any atom is 0.427 e. The van der Waals surface area contributed by atoms with E-state index in [4.69, 9.17) is 5.11 Å². The van der Waals surface area contributed by atoms with Gasteiger partial charge >= 0.3 is 6.09 Å². The average Bonchev–Trinajstić information content (AvgIpc) is 2.78. The van der Waals surface area contributed by atoms with Crippen LogP contribution in [0.25, 0.3) is 0 Å². The van der Waals surface area contributed by atoms with E-state index in [9.17, 15) is 26.4 Å². The molecule has 1 aromatic heterocycles. The second kappa shape index (κ2) is 5.33. The first-order valence-electron chi connectivity index (χ1n) is 5.06. The van der Waals surface area contributed by atoms with Crippen LogP contribution in [0.1, 0.15) is 0 Å². The van der Waals surface area contributed by atoms with Crippen molar-refractivity contribution in [2.75, 3.05) is 4.31 Å². The van der Waals surface area contributed by atoms with E-state index in [2.05, 4.69) is 4.98 Å². The van der Waals surface area contributed by atoms with Crippen molar-refractivity contribution in [3.8, 4) is 0 Å². The predicted molar refractivity (Wildman–Crippen MR) is 66.1 cm³/mol. The molecule has 21 heavy (non-hydrogen) atoms. The molecule has 0 fully saturated rings. The van der Waals surface area contributed by atoms with Gasteiger partial charge in [-0.25, -0.2) is 31.4 Å². The smallest absolute Gasteiger partial charge is 0.427 e. The molecule has 112 valence electrons. The predicted octanol–water partition coefficient (Wildman–Crippen LogP) is 2.43. The molecule has 0 radical (unpaired) electrons. The van der Waals surface area contributed by atoms with E-state index in [-0.39, 0.29) is 16.4 Å². The molecule has 0 bridgehead atoms. The summed E-state index contributed by atoms with van der Waals surface area (Å²) in [5.74, 6) is -5.36. The zero-order valence-corrected chi connectivity index (χ0v) is 11.5. The van der Waals surface area contributed by atoms with Crippen molar-refractivity contribution >= 4 is 33.3 Å². The molecule has 0 saturated heterocycles. The van der Waals surface area contributed by atoms with Gasteiger partial charge in [0.15, 0.2) is 10.7 Å². The third kappa shape index (κ3) is 2.69. The normalized spacial score (nSPS) is 11.4. The number of benzene rings is 1. The Bertz CT molecular complexity index is 770. The Hall–Kier alpha value is -2.14. The molecule has 11 heteroatoms. The minimum Gasteiger partial charge on any atom is -0.464 e. The topological polar surface area (TPSA) is 87.6 Å². The molecule has 0 aliphatic rings. The van der Waals surface area contributed by atoms with Crippen molar-refractivity contribution in [2.45, 2.75) is 4.90 Å². The summed E-state index contributed by atoms with van der Waals surface area (Å²) >= 11 is 0.879. The standard InChI is InChI=1S/C10H5F3N2O4S2/c11-5-1-6(12)9(7(13)2-5)21(18,19)15(10(16)17)8-3-20-4-14-8/h1-4H,(H,16,17). The molecule has 2 aromatic rings. The molecule has 0 saturated carbocycles. The Balaban J connectivity index is 2.69. The SMILES string of the molecule is O=C(O)N(c1cscn1)S(=O)(=O)c1c(F)cc(F)cc1F. The van der Waals surface area contributed by atoms with E-state index in [1.807, 2.05) is 0 Å². The van der Waals surface area contributed by atoms with Gasteiger partial charge in [-0.2, -0.15) is 0 Å². The zero-order valence-electron chi connectivity index (χ0n) is 9.83. The number of carbonyl (C=O) groups is 1. The highest BCUT2D eigenvalue weighted by molar-refractivity contribution is 7.93. The number of sulfonamides is 1. The number of hydrogen-bond donors (Lipinski definition) is 1. The highest BCUT2D eigenvalue weighted by Crippen LogP contribution is 2.28. The summed E-state index contributed by atoms with van der Waals surface area (Å²) in [5.41, 5.74) is 1.14. The van der Waals surface area contributed by atoms with Gasteiger partial charge in [0.25, 0.3) is 10.0 Å². The van der Waals surface area contributed by atoms with Crippen molar-refractivity contribution in [2.24, 2.45) is 0 Å². The minimum absolute atomic E-state index is 0.136. The van der Waals surface area contributed by atoms with E-state index in [1.165, 1.54) is 0 Å². The second-order valence-electron chi connectivity index (χ2n) is 3.60. The van der Waals surface area contributed by atoms with Gasteiger partial charge in [0.05, 0.1) is 5.51 Å². The molecule has 1 aromatic carbocycles. The van der Waals surface area contributed by atoms with Crippen LogP contribution in [0.2, 0.25) is 0 Å². The van der Waals surface area contributed by atoms with E-state index in [0.29, 0.717) is 0 Å². The van der Waals surface area contributed by atoms with Gasteiger partial charge in [0.1, 0.15) is 17.5 Å². The van der Waals surface area contributed by atoms with Gasteiger partial charge in [-0.3, -0.25) is 0 Å². The van der Waals surface area contributed by atoms with Crippen LogP contribution in [0.5, 0.6) is 0 Å². The van der Waals surface area contributed by atoms with Crippen molar-refractivity contribution in [1.82, 2.24) is 4.98 Å². The summed E-state index contributed by atoms with van der Waals surface area (Å²) in [6, 6.07) is 0.272. The number of anilines is 1. The average molecular weight is 338 g/mol. The monoisotopic (exact) mass is 338 g/mol. The van der Waals surface area contributed by atoms with Crippen LogP contribution in [0.15, 0.2) is 27.9 Å². The van der Waals surface area contributed by atoms with Crippen molar-refractivity contribution in [3.63, 3.8) is 0 Å². The van der Waals surface area contributed by atoms with Gasteiger partial charge in [0.2, 0.25) is 0 Å². The van der Waals surface area contributed by atoms with Gasteiger partial charge in [-0.15, -0.1) is 15.6 Å². The number of aromatic nitrogens is 1. The summed E-state index contributed by atoms with van der Waals surface area (Å²) in [6.45, 7) is 0. The zero-order chi connectivity index (χ0) is 15.8. The number of hydrogen-bond acceptors (Lipinski definition) is 5. The molecule has 0 atom stereocenters. The summed E-state index contributed by atoms with van der Waals surface area (Å²) in [6.07, 6.45) is -2.01. The fraction of sp³-hybridized carbons (Fsp3) is 0. The molecule has 1 N–H and O–H groups in total. The Morgan fingerprint density at radius 1 is 1.24 bits per heavy atom. The summed E-state index contributed by atoms with van der Waals surface area (Å²) in [4.78, 5) is 13.0. The Morgan fingerprint density at radius 3 is 2.24 bits per heavy atom. The van der Waals surface area contributed by atoms with Crippen molar-refractivity contribution in [1.29, 1.82) is 0 Å². The number of amides is 1. The minimum atomic E-state index is -5.14. The summed E-state index contributed by atoms with van der Waals surface area (Å²) in [7, 11) is -5.14. The molecule has 1 heterocycles. The van der Waals surface area contributed by atoms with Crippen LogP contribution in [0, 0.1) is 17.5 Å². The number of carboxylic acid groups (broad SMARTS) is 1. The third-order valence-electron chi connectivity index (χ3n) is 2.26. The first-order valence-corrected chi connectivity index (χ1v) is 7.44. The quantitative estimate of drug-likeness (QED) is 0.929. The molecule has 0 aliphatic heterocycles. The van der Waals surface area contributed by atoms with Gasteiger partial charge in [-0.05, 0) is 0 Å².